The van der Waals surface area contributed by atoms with Crippen LogP contribution in [-0.2, 0) is 9.59 Å². The van der Waals surface area contributed by atoms with Crippen molar-refractivity contribution in [3.05, 3.63) is 35.4 Å². The van der Waals surface area contributed by atoms with E-state index in [1.165, 1.54) is 0 Å². The number of hydrogen-bond acceptors (Lipinski definition) is 2. The molecule has 0 bridgehead atoms. The molecular weight excluding hydrogens is 208 g/mol. The van der Waals surface area contributed by atoms with Crippen molar-refractivity contribution in [2.75, 3.05) is 0 Å². The van der Waals surface area contributed by atoms with Gasteiger partial charge in [-0.25, -0.2) is 0 Å². The monoisotopic (exact) mass is 222 g/mol. The highest BCUT2D eigenvalue weighted by Gasteiger charge is 2.22. The van der Waals surface area contributed by atoms with E-state index >= 15 is 0 Å². The zero-order valence-corrected chi connectivity index (χ0v) is 9.18. The van der Waals surface area contributed by atoms with Crippen LogP contribution >= 0.6 is 0 Å². The first-order valence-corrected chi connectivity index (χ1v) is 4.99. The van der Waals surface area contributed by atoms with E-state index in [4.69, 9.17) is 10.2 Å². The Labute approximate surface area is 93.5 Å². The summed E-state index contributed by atoms with van der Waals surface area (Å²) in [5.41, 5.74) is 1.12. The number of benzene rings is 1. The van der Waals surface area contributed by atoms with Gasteiger partial charge in [-0.15, -0.1) is 0 Å². The van der Waals surface area contributed by atoms with Crippen LogP contribution in [0.25, 0.3) is 0 Å². The molecule has 4 nitrogen and oxygen atoms in total. The summed E-state index contributed by atoms with van der Waals surface area (Å²) >= 11 is 0. The third-order valence-electron chi connectivity index (χ3n) is 2.67. The SMILES string of the molecule is CC(C(=O)O)c1ccccc1C(C)C(=O)O. The Balaban J connectivity index is 3.19. The summed E-state index contributed by atoms with van der Waals surface area (Å²) in [5.74, 6) is -3.30. The summed E-state index contributed by atoms with van der Waals surface area (Å²) in [6.07, 6.45) is 0. The van der Waals surface area contributed by atoms with Crippen LogP contribution in [0.2, 0.25) is 0 Å². The van der Waals surface area contributed by atoms with Crippen molar-refractivity contribution < 1.29 is 19.8 Å². The van der Waals surface area contributed by atoms with Crippen LogP contribution in [0.5, 0.6) is 0 Å². The molecule has 0 saturated carbocycles. The van der Waals surface area contributed by atoms with Crippen molar-refractivity contribution in [3.63, 3.8) is 0 Å². The average Bonchev–Trinajstić information content (AvgIpc) is 2.26. The van der Waals surface area contributed by atoms with E-state index in [1.54, 1.807) is 38.1 Å². The van der Waals surface area contributed by atoms with Crippen molar-refractivity contribution in [2.45, 2.75) is 25.7 Å². The van der Waals surface area contributed by atoms with Crippen molar-refractivity contribution in [2.24, 2.45) is 0 Å². The molecule has 16 heavy (non-hydrogen) atoms. The summed E-state index contributed by atoms with van der Waals surface area (Å²) in [4.78, 5) is 21.8. The number of rotatable bonds is 4. The Hall–Kier alpha value is -1.84. The minimum Gasteiger partial charge on any atom is -0.481 e. The number of carboxylic acid groups (broad SMARTS) is 2. The maximum atomic E-state index is 10.9. The van der Waals surface area contributed by atoms with E-state index in [-0.39, 0.29) is 0 Å². The molecule has 1 aromatic rings. The van der Waals surface area contributed by atoms with Gasteiger partial charge in [0.05, 0.1) is 11.8 Å². The van der Waals surface area contributed by atoms with Gasteiger partial charge in [0.15, 0.2) is 0 Å². The van der Waals surface area contributed by atoms with E-state index in [0.29, 0.717) is 11.1 Å². The van der Waals surface area contributed by atoms with Crippen LogP contribution in [0.1, 0.15) is 36.8 Å². The van der Waals surface area contributed by atoms with Gasteiger partial charge in [0.2, 0.25) is 0 Å². The fraction of sp³-hybridized carbons (Fsp3) is 0.333. The third kappa shape index (κ3) is 2.39. The second-order valence-corrected chi connectivity index (χ2v) is 3.75. The van der Waals surface area contributed by atoms with Gasteiger partial charge >= 0.3 is 11.9 Å². The smallest absolute Gasteiger partial charge is 0.310 e. The lowest BCUT2D eigenvalue weighted by Gasteiger charge is -2.15. The zero-order valence-electron chi connectivity index (χ0n) is 9.18. The van der Waals surface area contributed by atoms with Crippen LogP contribution in [0, 0.1) is 0 Å². The Kier molecular flexibility index (Phi) is 3.66. The van der Waals surface area contributed by atoms with E-state index in [0.717, 1.165) is 0 Å². The van der Waals surface area contributed by atoms with Crippen molar-refractivity contribution in [3.8, 4) is 0 Å². The molecule has 2 atom stereocenters. The molecule has 0 spiro atoms. The predicted octanol–water partition coefficient (Wildman–Crippen LogP) is 2.06. The first kappa shape index (κ1) is 12.2. The van der Waals surface area contributed by atoms with E-state index in [1.807, 2.05) is 0 Å². The number of carbonyl (C=O) groups is 2. The molecule has 0 aliphatic carbocycles. The molecule has 0 aliphatic heterocycles. The van der Waals surface area contributed by atoms with E-state index in [9.17, 15) is 9.59 Å². The van der Waals surface area contributed by atoms with Crippen molar-refractivity contribution in [1.29, 1.82) is 0 Å². The number of carboxylic acids is 2. The van der Waals surface area contributed by atoms with Gasteiger partial charge in [0.1, 0.15) is 0 Å². The number of aliphatic carboxylic acids is 2. The summed E-state index contributed by atoms with van der Waals surface area (Å²) in [5, 5.41) is 17.9. The third-order valence-corrected chi connectivity index (χ3v) is 2.67. The summed E-state index contributed by atoms with van der Waals surface area (Å²) in [7, 11) is 0. The van der Waals surface area contributed by atoms with Gasteiger partial charge in [0.25, 0.3) is 0 Å². The largest absolute Gasteiger partial charge is 0.481 e. The standard InChI is InChI=1S/C12H14O4/c1-7(11(13)14)9-5-3-4-6-10(9)8(2)12(15)16/h3-8H,1-2H3,(H,13,14)(H,15,16). The minimum atomic E-state index is -0.954. The molecule has 1 aromatic carbocycles. The normalized spacial score (nSPS) is 14.1. The second kappa shape index (κ2) is 4.79. The molecule has 4 heteroatoms. The summed E-state index contributed by atoms with van der Waals surface area (Å²) in [6.45, 7) is 3.10. The van der Waals surface area contributed by atoms with Crippen molar-refractivity contribution >= 4 is 11.9 Å². The molecule has 2 unspecified atom stereocenters. The Bertz CT molecular complexity index is 372. The molecule has 0 fully saturated rings. The maximum absolute atomic E-state index is 10.9. The number of hydrogen-bond donors (Lipinski definition) is 2. The van der Waals surface area contributed by atoms with Gasteiger partial charge < -0.3 is 10.2 Å². The molecule has 0 saturated heterocycles. The minimum absolute atomic E-state index is 0.560. The lowest BCUT2D eigenvalue weighted by Crippen LogP contribution is -2.15. The van der Waals surface area contributed by atoms with E-state index in [2.05, 4.69) is 0 Å². The highest BCUT2D eigenvalue weighted by atomic mass is 16.4. The molecule has 2 N–H and O–H groups in total. The van der Waals surface area contributed by atoms with Crippen LogP contribution < -0.4 is 0 Å². The van der Waals surface area contributed by atoms with Gasteiger partial charge in [-0.1, -0.05) is 24.3 Å². The van der Waals surface area contributed by atoms with Crippen LogP contribution in [0.15, 0.2) is 24.3 Å². The highest BCUT2D eigenvalue weighted by Crippen LogP contribution is 2.26. The van der Waals surface area contributed by atoms with Gasteiger partial charge in [-0.3, -0.25) is 9.59 Å². The Morgan fingerprint density at radius 1 is 0.938 bits per heavy atom. The highest BCUT2D eigenvalue weighted by molar-refractivity contribution is 5.80. The molecule has 0 aliphatic rings. The molecule has 0 heterocycles. The maximum Gasteiger partial charge on any atom is 0.310 e. The molecule has 0 radical (unpaired) electrons. The quantitative estimate of drug-likeness (QED) is 0.817. The topological polar surface area (TPSA) is 74.6 Å². The Morgan fingerprint density at radius 2 is 1.25 bits per heavy atom. The van der Waals surface area contributed by atoms with Crippen LogP contribution in [0.3, 0.4) is 0 Å². The fourth-order valence-electron chi connectivity index (χ4n) is 1.57. The molecule has 86 valence electrons. The van der Waals surface area contributed by atoms with Gasteiger partial charge in [0, 0.05) is 0 Å². The molecule has 0 amide bonds. The zero-order chi connectivity index (χ0) is 12.3. The Morgan fingerprint density at radius 3 is 1.50 bits per heavy atom. The van der Waals surface area contributed by atoms with E-state index < -0.39 is 23.8 Å². The molecule has 0 aromatic heterocycles. The van der Waals surface area contributed by atoms with Crippen molar-refractivity contribution in [1.82, 2.24) is 0 Å². The molecule has 1 rings (SSSR count). The van der Waals surface area contributed by atoms with Crippen LogP contribution in [-0.4, -0.2) is 22.2 Å². The molecular formula is C12H14O4. The van der Waals surface area contributed by atoms with Gasteiger partial charge in [-0.2, -0.15) is 0 Å². The first-order chi connectivity index (χ1) is 7.45. The fourth-order valence-corrected chi connectivity index (χ4v) is 1.57. The predicted molar refractivity (Wildman–Crippen MR) is 58.5 cm³/mol. The van der Waals surface area contributed by atoms with Crippen LogP contribution in [0.4, 0.5) is 0 Å². The summed E-state index contributed by atoms with van der Waals surface area (Å²) in [6, 6.07) is 6.75. The van der Waals surface area contributed by atoms with Gasteiger partial charge in [-0.05, 0) is 25.0 Å². The lowest BCUT2D eigenvalue weighted by atomic mass is 9.89. The average molecular weight is 222 g/mol. The second-order valence-electron chi connectivity index (χ2n) is 3.75. The lowest BCUT2D eigenvalue weighted by molar-refractivity contribution is -0.139. The first-order valence-electron chi connectivity index (χ1n) is 4.99. The summed E-state index contributed by atoms with van der Waals surface area (Å²) < 4.78 is 0.